The SMILES string of the molecule is CC[C@@H](NC(=O)C12CC(NC(=O)OCC3c4ccccc4-c4ccccc43)CC1C2)C(=O)O. The number of nitrogens with one attached hydrogen (secondary N) is 2. The average molecular weight is 449 g/mol. The molecule has 3 unspecified atom stereocenters. The number of carboxylic acids is 1. The molecule has 0 bridgehead atoms. The minimum atomic E-state index is -1.02. The topological polar surface area (TPSA) is 105 Å². The summed E-state index contributed by atoms with van der Waals surface area (Å²) in [6.45, 7) is 1.98. The number of rotatable bonds is 7. The first-order valence-corrected chi connectivity index (χ1v) is 11.6. The van der Waals surface area contributed by atoms with Gasteiger partial charge >= 0.3 is 12.1 Å². The molecule has 2 aromatic carbocycles. The predicted octanol–water partition coefficient (Wildman–Crippen LogP) is 3.67. The predicted molar refractivity (Wildman–Crippen MR) is 122 cm³/mol. The van der Waals surface area contributed by atoms with Gasteiger partial charge in [-0.3, -0.25) is 4.79 Å². The van der Waals surface area contributed by atoms with Gasteiger partial charge in [0, 0.05) is 12.0 Å². The molecule has 3 aliphatic rings. The second-order valence-electron chi connectivity index (χ2n) is 9.44. The monoisotopic (exact) mass is 448 g/mol. The number of carboxylic acid groups (broad SMARTS) is 1. The van der Waals surface area contributed by atoms with Crippen molar-refractivity contribution in [1.29, 1.82) is 0 Å². The van der Waals surface area contributed by atoms with E-state index in [1.807, 2.05) is 24.3 Å². The van der Waals surface area contributed by atoms with Crippen molar-refractivity contribution >= 4 is 18.0 Å². The van der Waals surface area contributed by atoms with Crippen molar-refractivity contribution in [2.45, 2.75) is 50.6 Å². The molecule has 7 heteroatoms. The van der Waals surface area contributed by atoms with Crippen LogP contribution in [0.25, 0.3) is 11.1 Å². The molecule has 5 rings (SSSR count). The third-order valence-electron chi connectivity index (χ3n) is 7.54. The second-order valence-corrected chi connectivity index (χ2v) is 9.44. The van der Waals surface area contributed by atoms with Crippen molar-refractivity contribution in [1.82, 2.24) is 10.6 Å². The van der Waals surface area contributed by atoms with Crippen LogP contribution in [0.15, 0.2) is 48.5 Å². The molecule has 0 spiro atoms. The summed E-state index contributed by atoms with van der Waals surface area (Å²) < 4.78 is 5.63. The maximum atomic E-state index is 12.7. The van der Waals surface area contributed by atoms with E-state index >= 15 is 0 Å². The van der Waals surface area contributed by atoms with Gasteiger partial charge in [0.05, 0.1) is 5.41 Å². The number of aliphatic carboxylic acids is 1. The van der Waals surface area contributed by atoms with Gasteiger partial charge in [-0.2, -0.15) is 0 Å². The molecule has 0 aromatic heterocycles. The zero-order valence-electron chi connectivity index (χ0n) is 18.5. The highest BCUT2D eigenvalue weighted by Gasteiger charge is 2.65. The van der Waals surface area contributed by atoms with Gasteiger partial charge in [-0.1, -0.05) is 55.5 Å². The number of amides is 2. The zero-order valence-corrected chi connectivity index (χ0v) is 18.5. The van der Waals surface area contributed by atoms with E-state index in [0.29, 0.717) is 19.3 Å². The number of hydrogen-bond donors (Lipinski definition) is 3. The molecule has 0 heterocycles. The van der Waals surface area contributed by atoms with Gasteiger partial charge in [-0.05, 0) is 53.9 Å². The highest BCUT2D eigenvalue weighted by atomic mass is 16.5. The minimum absolute atomic E-state index is 0.000697. The van der Waals surface area contributed by atoms with Gasteiger partial charge in [0.1, 0.15) is 12.6 Å². The summed E-state index contributed by atoms with van der Waals surface area (Å²) in [6.07, 6.45) is 1.84. The van der Waals surface area contributed by atoms with Crippen molar-refractivity contribution in [2.75, 3.05) is 6.61 Å². The van der Waals surface area contributed by atoms with Crippen LogP contribution in [0.5, 0.6) is 0 Å². The smallest absolute Gasteiger partial charge is 0.407 e. The van der Waals surface area contributed by atoms with Crippen molar-refractivity contribution in [3.8, 4) is 11.1 Å². The third-order valence-corrected chi connectivity index (χ3v) is 7.54. The molecule has 2 saturated carbocycles. The summed E-state index contributed by atoms with van der Waals surface area (Å²) in [4.78, 5) is 36.6. The van der Waals surface area contributed by atoms with E-state index in [4.69, 9.17) is 4.74 Å². The van der Waals surface area contributed by atoms with Gasteiger partial charge in [0.25, 0.3) is 0 Å². The van der Waals surface area contributed by atoms with Crippen LogP contribution in [0, 0.1) is 11.3 Å². The number of benzene rings is 2. The van der Waals surface area contributed by atoms with E-state index in [-0.39, 0.29) is 30.4 Å². The largest absolute Gasteiger partial charge is 0.480 e. The Bertz CT molecular complexity index is 1070. The van der Waals surface area contributed by atoms with E-state index in [9.17, 15) is 19.5 Å². The summed E-state index contributed by atoms with van der Waals surface area (Å²) in [5.41, 5.74) is 4.13. The Morgan fingerprint density at radius 2 is 1.70 bits per heavy atom. The van der Waals surface area contributed by atoms with E-state index in [2.05, 4.69) is 34.9 Å². The molecular formula is C26H28N2O5. The summed E-state index contributed by atoms with van der Waals surface area (Å²) in [5, 5.41) is 14.8. The van der Waals surface area contributed by atoms with E-state index in [1.165, 1.54) is 11.1 Å². The van der Waals surface area contributed by atoms with Crippen LogP contribution >= 0.6 is 0 Å². The summed E-state index contributed by atoms with van der Waals surface area (Å²) in [7, 11) is 0. The van der Waals surface area contributed by atoms with Gasteiger partial charge < -0.3 is 20.5 Å². The number of fused-ring (bicyclic) bond motifs is 4. The molecule has 0 aliphatic heterocycles. The molecule has 0 radical (unpaired) electrons. The third kappa shape index (κ3) is 3.75. The lowest BCUT2D eigenvalue weighted by Crippen LogP contribution is -2.45. The quantitative estimate of drug-likeness (QED) is 0.599. The first-order chi connectivity index (χ1) is 15.9. The van der Waals surface area contributed by atoms with Crippen LogP contribution in [-0.2, 0) is 14.3 Å². The maximum Gasteiger partial charge on any atom is 0.407 e. The van der Waals surface area contributed by atoms with Crippen LogP contribution < -0.4 is 10.6 Å². The Hall–Kier alpha value is -3.35. The Kier molecular flexibility index (Phi) is 5.35. The van der Waals surface area contributed by atoms with Crippen LogP contribution in [0.3, 0.4) is 0 Å². The van der Waals surface area contributed by atoms with Crippen LogP contribution in [0.4, 0.5) is 4.79 Å². The summed E-state index contributed by atoms with van der Waals surface area (Å²) >= 11 is 0. The standard InChI is InChI=1S/C26H28N2O5/c1-2-22(23(29)30)28-24(31)26-12-15(26)11-16(13-26)27-25(32)33-14-21-19-9-5-3-7-17(19)18-8-4-6-10-20(18)21/h3-10,15-16,21-22H,2,11-14H2,1H3,(H,27,32)(H,28,31)(H,29,30)/t15?,16?,22-,26?/m1/s1. The fourth-order valence-electron chi connectivity index (χ4n) is 5.73. The van der Waals surface area contributed by atoms with Crippen molar-refractivity contribution < 1.29 is 24.2 Å². The molecule has 2 aromatic rings. The molecule has 7 nitrogen and oxygen atoms in total. The molecule has 4 atom stereocenters. The molecule has 3 aliphatic carbocycles. The number of ether oxygens (including phenoxy) is 1. The van der Waals surface area contributed by atoms with E-state index < -0.39 is 23.5 Å². The average Bonchev–Trinajstić information content (AvgIpc) is 3.24. The van der Waals surface area contributed by atoms with Crippen LogP contribution in [-0.4, -0.2) is 41.8 Å². The summed E-state index contributed by atoms with van der Waals surface area (Å²) in [6, 6.07) is 15.4. The van der Waals surface area contributed by atoms with E-state index in [0.717, 1.165) is 17.5 Å². The molecule has 2 fully saturated rings. The molecule has 172 valence electrons. The van der Waals surface area contributed by atoms with Crippen molar-refractivity contribution in [3.05, 3.63) is 59.7 Å². The van der Waals surface area contributed by atoms with Crippen LogP contribution in [0.1, 0.15) is 49.7 Å². The fourth-order valence-corrected chi connectivity index (χ4v) is 5.73. The van der Waals surface area contributed by atoms with Gasteiger partial charge in [0.2, 0.25) is 5.91 Å². The number of carbonyl (C=O) groups is 3. The summed E-state index contributed by atoms with van der Waals surface area (Å²) in [5.74, 6) is -1.05. The molecular weight excluding hydrogens is 420 g/mol. The molecule has 33 heavy (non-hydrogen) atoms. The maximum absolute atomic E-state index is 12.7. The first kappa shape index (κ1) is 21.5. The lowest BCUT2D eigenvalue weighted by molar-refractivity contribution is -0.142. The van der Waals surface area contributed by atoms with Gasteiger partial charge in [0.15, 0.2) is 0 Å². The Balaban J connectivity index is 1.17. The second kappa shape index (κ2) is 8.21. The Morgan fingerprint density at radius 3 is 2.30 bits per heavy atom. The molecule has 2 amide bonds. The molecule has 3 N–H and O–H groups in total. The number of carbonyl (C=O) groups excluding carboxylic acids is 2. The normalized spacial score (nSPS) is 25.4. The zero-order chi connectivity index (χ0) is 23.2. The number of hydrogen-bond acceptors (Lipinski definition) is 4. The van der Waals surface area contributed by atoms with Gasteiger partial charge in [-0.15, -0.1) is 0 Å². The van der Waals surface area contributed by atoms with Crippen LogP contribution in [0.2, 0.25) is 0 Å². The first-order valence-electron chi connectivity index (χ1n) is 11.6. The highest BCUT2D eigenvalue weighted by molar-refractivity contribution is 5.90. The fraction of sp³-hybridized carbons (Fsp3) is 0.423. The lowest BCUT2D eigenvalue weighted by Gasteiger charge is -2.20. The highest BCUT2D eigenvalue weighted by Crippen LogP contribution is 2.63. The Morgan fingerprint density at radius 1 is 1.06 bits per heavy atom. The molecule has 0 saturated heterocycles. The number of alkyl carbamates (subject to hydrolysis) is 1. The Labute approximate surface area is 192 Å². The van der Waals surface area contributed by atoms with Crippen molar-refractivity contribution in [3.63, 3.8) is 0 Å². The lowest BCUT2D eigenvalue weighted by atomic mass is 9.98. The van der Waals surface area contributed by atoms with Gasteiger partial charge in [-0.25, -0.2) is 9.59 Å². The van der Waals surface area contributed by atoms with E-state index in [1.54, 1.807) is 6.92 Å². The van der Waals surface area contributed by atoms with Crippen molar-refractivity contribution in [2.24, 2.45) is 11.3 Å². The minimum Gasteiger partial charge on any atom is -0.480 e.